The molecule has 160 valence electrons. The lowest BCUT2D eigenvalue weighted by Crippen LogP contribution is -2.46. The first-order chi connectivity index (χ1) is 14.5. The Morgan fingerprint density at radius 1 is 1.23 bits per heavy atom. The summed E-state index contributed by atoms with van der Waals surface area (Å²) in [4.78, 5) is 40.2. The molecule has 2 heterocycles. The van der Waals surface area contributed by atoms with Crippen LogP contribution in [0.2, 0.25) is 0 Å². The van der Waals surface area contributed by atoms with Gasteiger partial charge in [-0.1, -0.05) is 32.0 Å². The number of benzene rings is 1. The molecule has 0 bridgehead atoms. The molecule has 30 heavy (non-hydrogen) atoms. The number of thiophene rings is 1. The van der Waals surface area contributed by atoms with Crippen LogP contribution in [0.15, 0.2) is 41.8 Å². The molecule has 0 aliphatic carbocycles. The number of amides is 3. The molecule has 0 radical (unpaired) electrons. The molecule has 3 amide bonds. The van der Waals surface area contributed by atoms with Gasteiger partial charge in [-0.25, -0.2) is 0 Å². The number of nitrogens with zero attached hydrogens (tertiary/aromatic N) is 1. The van der Waals surface area contributed by atoms with Gasteiger partial charge in [0.15, 0.2) is 0 Å². The fourth-order valence-electron chi connectivity index (χ4n) is 3.52. The fraction of sp³-hybridized carbons (Fsp3) is 0.435. The summed E-state index contributed by atoms with van der Waals surface area (Å²) in [6.07, 6.45) is 2.66. The molecule has 0 spiro atoms. The topological polar surface area (TPSA) is 78.5 Å². The van der Waals surface area contributed by atoms with Crippen LogP contribution in [0.5, 0.6) is 0 Å². The van der Waals surface area contributed by atoms with Crippen molar-refractivity contribution in [1.82, 2.24) is 10.2 Å². The zero-order valence-corrected chi connectivity index (χ0v) is 18.3. The molecule has 6 nitrogen and oxygen atoms in total. The third kappa shape index (κ3) is 5.69. The summed E-state index contributed by atoms with van der Waals surface area (Å²) in [6.45, 7) is 4.86. The minimum absolute atomic E-state index is 0.00449. The second-order valence-electron chi connectivity index (χ2n) is 7.72. The summed E-state index contributed by atoms with van der Waals surface area (Å²) in [5, 5.41) is 7.83. The minimum Gasteiger partial charge on any atom is -0.350 e. The normalized spacial score (nSPS) is 16.9. The average Bonchev–Trinajstić information content (AvgIpc) is 3.43. The second kappa shape index (κ2) is 10.4. The van der Waals surface area contributed by atoms with Crippen molar-refractivity contribution < 1.29 is 14.4 Å². The molecule has 7 heteroatoms. The Morgan fingerprint density at radius 2 is 2.07 bits per heavy atom. The van der Waals surface area contributed by atoms with E-state index in [1.807, 2.05) is 55.6 Å². The molecule has 1 fully saturated rings. The lowest BCUT2D eigenvalue weighted by Gasteiger charge is -2.24. The Morgan fingerprint density at radius 3 is 2.80 bits per heavy atom. The highest BCUT2D eigenvalue weighted by molar-refractivity contribution is 7.10. The number of anilines is 1. The van der Waals surface area contributed by atoms with Crippen LogP contribution >= 0.6 is 11.3 Å². The predicted molar refractivity (Wildman–Crippen MR) is 119 cm³/mol. The average molecular weight is 428 g/mol. The Kier molecular flexibility index (Phi) is 7.63. The van der Waals surface area contributed by atoms with Crippen molar-refractivity contribution in [3.63, 3.8) is 0 Å². The SMILES string of the molecule is CCC(C)C(=O)Nc1cccc(CNC(=O)C2CCCN2C(=O)Cc2cccs2)c1. The van der Waals surface area contributed by atoms with Crippen LogP contribution in [0.1, 0.15) is 43.6 Å². The predicted octanol–water partition coefficient (Wildman–Crippen LogP) is 3.58. The van der Waals surface area contributed by atoms with E-state index in [9.17, 15) is 14.4 Å². The van der Waals surface area contributed by atoms with E-state index in [1.54, 1.807) is 16.2 Å². The van der Waals surface area contributed by atoms with Gasteiger partial charge in [0, 0.05) is 29.6 Å². The third-order valence-electron chi connectivity index (χ3n) is 5.50. The van der Waals surface area contributed by atoms with E-state index in [-0.39, 0.29) is 23.6 Å². The van der Waals surface area contributed by atoms with Crippen molar-refractivity contribution in [3.05, 3.63) is 52.2 Å². The maximum atomic E-state index is 12.8. The Balaban J connectivity index is 1.55. The van der Waals surface area contributed by atoms with Crippen molar-refractivity contribution in [3.8, 4) is 0 Å². The molecule has 1 aliphatic heterocycles. The number of rotatable bonds is 8. The molecule has 2 unspecified atom stereocenters. The lowest BCUT2D eigenvalue weighted by molar-refractivity contribution is -0.138. The highest BCUT2D eigenvalue weighted by Gasteiger charge is 2.33. The quantitative estimate of drug-likeness (QED) is 0.676. The van der Waals surface area contributed by atoms with Crippen LogP contribution in [0, 0.1) is 5.92 Å². The fourth-order valence-corrected chi connectivity index (χ4v) is 4.21. The second-order valence-corrected chi connectivity index (χ2v) is 8.75. The monoisotopic (exact) mass is 427 g/mol. The number of carbonyl (C=O) groups is 3. The Labute approximate surface area is 181 Å². The summed E-state index contributed by atoms with van der Waals surface area (Å²) in [5.41, 5.74) is 1.63. The molecule has 1 aliphatic rings. The van der Waals surface area contributed by atoms with E-state index in [1.165, 1.54) is 0 Å². The largest absolute Gasteiger partial charge is 0.350 e. The Hall–Kier alpha value is -2.67. The van der Waals surface area contributed by atoms with Gasteiger partial charge in [0.1, 0.15) is 6.04 Å². The minimum atomic E-state index is -0.411. The van der Waals surface area contributed by atoms with Gasteiger partial charge >= 0.3 is 0 Å². The number of hydrogen-bond acceptors (Lipinski definition) is 4. The molecule has 1 aromatic heterocycles. The van der Waals surface area contributed by atoms with Gasteiger partial charge in [0.2, 0.25) is 17.7 Å². The van der Waals surface area contributed by atoms with E-state index < -0.39 is 6.04 Å². The van der Waals surface area contributed by atoms with E-state index in [0.717, 1.165) is 29.0 Å². The number of hydrogen-bond donors (Lipinski definition) is 2. The van der Waals surface area contributed by atoms with Gasteiger partial charge in [-0.3, -0.25) is 14.4 Å². The van der Waals surface area contributed by atoms with Crippen molar-refractivity contribution in [2.75, 3.05) is 11.9 Å². The molecular weight excluding hydrogens is 398 g/mol. The standard InChI is InChI=1S/C23H29N3O3S/c1-3-16(2)22(28)25-18-8-4-7-17(13-18)15-24-23(29)20-10-5-11-26(20)21(27)14-19-9-6-12-30-19/h4,6-9,12-13,16,20H,3,5,10-11,14-15H2,1-2H3,(H,24,29)(H,25,28). The molecule has 1 saturated heterocycles. The van der Waals surface area contributed by atoms with Crippen LogP contribution in [0.25, 0.3) is 0 Å². The summed E-state index contributed by atoms with van der Waals surface area (Å²) in [7, 11) is 0. The van der Waals surface area contributed by atoms with Gasteiger partial charge in [-0.2, -0.15) is 0 Å². The van der Waals surface area contributed by atoms with E-state index in [4.69, 9.17) is 0 Å². The molecular formula is C23H29N3O3S. The Bertz CT molecular complexity index is 882. The highest BCUT2D eigenvalue weighted by atomic mass is 32.1. The molecule has 0 saturated carbocycles. The van der Waals surface area contributed by atoms with Crippen LogP contribution in [0.4, 0.5) is 5.69 Å². The maximum Gasteiger partial charge on any atom is 0.243 e. The van der Waals surface area contributed by atoms with Gasteiger partial charge in [-0.05, 0) is 48.4 Å². The summed E-state index contributed by atoms with van der Waals surface area (Å²) in [6, 6.07) is 10.9. The van der Waals surface area contributed by atoms with Crippen LogP contribution < -0.4 is 10.6 Å². The first-order valence-electron chi connectivity index (χ1n) is 10.5. The molecule has 2 atom stereocenters. The van der Waals surface area contributed by atoms with Crippen LogP contribution in [-0.2, 0) is 27.3 Å². The summed E-state index contributed by atoms with van der Waals surface area (Å²) < 4.78 is 0. The van der Waals surface area contributed by atoms with Crippen LogP contribution in [-0.4, -0.2) is 35.2 Å². The number of nitrogens with one attached hydrogen (secondary N) is 2. The molecule has 2 aromatic rings. The van der Waals surface area contributed by atoms with Gasteiger partial charge in [-0.15, -0.1) is 11.3 Å². The zero-order chi connectivity index (χ0) is 21.5. The summed E-state index contributed by atoms with van der Waals surface area (Å²) in [5.74, 6) is -0.177. The number of likely N-dealkylation sites (tertiary alicyclic amines) is 1. The van der Waals surface area contributed by atoms with Gasteiger partial charge in [0.25, 0.3) is 0 Å². The number of carbonyl (C=O) groups excluding carboxylic acids is 3. The van der Waals surface area contributed by atoms with Crippen LogP contribution in [0.3, 0.4) is 0 Å². The molecule has 1 aromatic carbocycles. The van der Waals surface area contributed by atoms with Crippen molar-refractivity contribution in [2.24, 2.45) is 5.92 Å². The maximum absolute atomic E-state index is 12.8. The van der Waals surface area contributed by atoms with Crippen molar-refractivity contribution >= 4 is 34.7 Å². The van der Waals surface area contributed by atoms with Gasteiger partial charge in [0.05, 0.1) is 6.42 Å². The third-order valence-corrected chi connectivity index (χ3v) is 6.38. The smallest absolute Gasteiger partial charge is 0.243 e. The first-order valence-corrected chi connectivity index (χ1v) is 11.3. The highest BCUT2D eigenvalue weighted by Crippen LogP contribution is 2.20. The lowest BCUT2D eigenvalue weighted by atomic mass is 10.1. The summed E-state index contributed by atoms with van der Waals surface area (Å²) >= 11 is 1.56. The molecule has 2 N–H and O–H groups in total. The van der Waals surface area contributed by atoms with Gasteiger partial charge < -0.3 is 15.5 Å². The first kappa shape index (κ1) is 22.0. The zero-order valence-electron chi connectivity index (χ0n) is 17.5. The van der Waals surface area contributed by atoms with E-state index in [2.05, 4.69) is 10.6 Å². The van der Waals surface area contributed by atoms with E-state index in [0.29, 0.717) is 25.9 Å². The van der Waals surface area contributed by atoms with E-state index >= 15 is 0 Å². The molecule has 3 rings (SSSR count). The van der Waals surface area contributed by atoms with Crippen molar-refractivity contribution in [2.45, 2.75) is 52.1 Å². The van der Waals surface area contributed by atoms with Crippen molar-refractivity contribution in [1.29, 1.82) is 0 Å².